The summed E-state index contributed by atoms with van der Waals surface area (Å²) in [6, 6.07) is 1.91. The molecule has 2 unspecified atom stereocenters. The Hall–Kier alpha value is -1.12. The standard InChI is InChI=1S/C9H15N3O2/c1-7(4-9(13)14)12-3-2-11-6-8(12)5-10/h7-8,11H,2-4,6H2,1H3,(H,13,14). The molecule has 5 heteroatoms. The SMILES string of the molecule is CC(CC(=O)O)N1CCNCC1C#N. The van der Waals surface area contributed by atoms with Crippen LogP contribution in [0.25, 0.3) is 0 Å². The zero-order valence-corrected chi connectivity index (χ0v) is 8.23. The van der Waals surface area contributed by atoms with Gasteiger partial charge >= 0.3 is 5.97 Å². The van der Waals surface area contributed by atoms with Crippen LogP contribution < -0.4 is 5.32 Å². The lowest BCUT2D eigenvalue weighted by Crippen LogP contribution is -2.54. The van der Waals surface area contributed by atoms with Crippen molar-refractivity contribution in [3.05, 3.63) is 0 Å². The molecule has 0 amide bonds. The van der Waals surface area contributed by atoms with Crippen LogP contribution in [-0.2, 0) is 4.79 Å². The molecule has 14 heavy (non-hydrogen) atoms. The minimum atomic E-state index is -0.812. The zero-order valence-electron chi connectivity index (χ0n) is 8.23. The summed E-state index contributed by atoms with van der Waals surface area (Å²) >= 11 is 0. The summed E-state index contributed by atoms with van der Waals surface area (Å²) in [7, 11) is 0. The van der Waals surface area contributed by atoms with E-state index in [0.29, 0.717) is 6.54 Å². The first-order valence-electron chi connectivity index (χ1n) is 4.73. The number of nitrogens with zero attached hydrogens (tertiary/aromatic N) is 2. The molecule has 5 nitrogen and oxygen atoms in total. The van der Waals surface area contributed by atoms with Crippen LogP contribution in [0.1, 0.15) is 13.3 Å². The van der Waals surface area contributed by atoms with Gasteiger partial charge in [-0.1, -0.05) is 0 Å². The van der Waals surface area contributed by atoms with E-state index in [2.05, 4.69) is 11.4 Å². The number of nitriles is 1. The molecule has 0 aromatic heterocycles. The van der Waals surface area contributed by atoms with Gasteiger partial charge in [0.25, 0.3) is 0 Å². The number of piperazine rings is 1. The number of hydrogen-bond donors (Lipinski definition) is 2. The summed E-state index contributed by atoms with van der Waals surface area (Å²) in [5, 5.41) is 20.6. The Morgan fingerprint density at radius 1 is 1.86 bits per heavy atom. The maximum atomic E-state index is 10.5. The number of carbonyl (C=O) groups is 1. The van der Waals surface area contributed by atoms with E-state index in [1.165, 1.54) is 0 Å². The normalized spacial score (nSPS) is 25.3. The van der Waals surface area contributed by atoms with Gasteiger partial charge in [0.15, 0.2) is 0 Å². The highest BCUT2D eigenvalue weighted by Gasteiger charge is 2.27. The molecule has 0 bridgehead atoms. The Morgan fingerprint density at radius 2 is 2.57 bits per heavy atom. The third-order valence-corrected chi connectivity index (χ3v) is 2.47. The van der Waals surface area contributed by atoms with Crippen molar-refractivity contribution < 1.29 is 9.90 Å². The lowest BCUT2D eigenvalue weighted by Gasteiger charge is -2.35. The molecule has 2 atom stereocenters. The Morgan fingerprint density at radius 3 is 3.14 bits per heavy atom. The lowest BCUT2D eigenvalue weighted by atomic mass is 10.1. The molecule has 78 valence electrons. The van der Waals surface area contributed by atoms with Crippen molar-refractivity contribution in [2.75, 3.05) is 19.6 Å². The quantitative estimate of drug-likeness (QED) is 0.646. The Bertz CT molecular complexity index is 249. The minimum Gasteiger partial charge on any atom is -0.481 e. The van der Waals surface area contributed by atoms with Crippen molar-refractivity contribution in [2.45, 2.75) is 25.4 Å². The van der Waals surface area contributed by atoms with Crippen LogP contribution in [0.3, 0.4) is 0 Å². The first-order valence-corrected chi connectivity index (χ1v) is 4.73. The van der Waals surface area contributed by atoms with Crippen molar-refractivity contribution in [1.29, 1.82) is 5.26 Å². The van der Waals surface area contributed by atoms with Gasteiger partial charge in [-0.3, -0.25) is 9.69 Å². The van der Waals surface area contributed by atoms with Gasteiger partial charge in [-0.2, -0.15) is 5.26 Å². The second-order valence-corrected chi connectivity index (χ2v) is 3.53. The van der Waals surface area contributed by atoms with Crippen molar-refractivity contribution in [3.63, 3.8) is 0 Å². The summed E-state index contributed by atoms with van der Waals surface area (Å²) in [6.45, 7) is 4.04. The minimum absolute atomic E-state index is 0.0701. The fourth-order valence-electron chi connectivity index (χ4n) is 1.74. The number of rotatable bonds is 3. The third-order valence-electron chi connectivity index (χ3n) is 2.47. The smallest absolute Gasteiger partial charge is 0.304 e. The van der Waals surface area contributed by atoms with E-state index in [9.17, 15) is 4.79 Å². The van der Waals surface area contributed by atoms with Gasteiger partial charge in [0.1, 0.15) is 6.04 Å². The third kappa shape index (κ3) is 2.69. The van der Waals surface area contributed by atoms with E-state index < -0.39 is 5.97 Å². The van der Waals surface area contributed by atoms with E-state index in [0.717, 1.165) is 13.1 Å². The number of carboxylic acids is 1. The van der Waals surface area contributed by atoms with Crippen LogP contribution in [0.15, 0.2) is 0 Å². The van der Waals surface area contributed by atoms with Crippen molar-refractivity contribution in [1.82, 2.24) is 10.2 Å². The van der Waals surface area contributed by atoms with E-state index in [-0.39, 0.29) is 18.5 Å². The van der Waals surface area contributed by atoms with Gasteiger partial charge in [0.05, 0.1) is 12.5 Å². The zero-order chi connectivity index (χ0) is 10.6. The number of nitrogens with one attached hydrogen (secondary N) is 1. The average molecular weight is 197 g/mol. The molecule has 1 fully saturated rings. The molecule has 2 N–H and O–H groups in total. The fraction of sp³-hybridized carbons (Fsp3) is 0.778. The van der Waals surface area contributed by atoms with Crippen LogP contribution in [0.2, 0.25) is 0 Å². The van der Waals surface area contributed by atoms with Crippen LogP contribution in [0.5, 0.6) is 0 Å². The molecule has 0 aromatic rings. The Labute approximate surface area is 83.3 Å². The van der Waals surface area contributed by atoms with Gasteiger partial charge in [0, 0.05) is 25.7 Å². The van der Waals surface area contributed by atoms with Gasteiger partial charge in [-0.25, -0.2) is 0 Å². The molecule has 0 aromatic carbocycles. The van der Waals surface area contributed by atoms with Crippen molar-refractivity contribution in [2.24, 2.45) is 0 Å². The molecule has 1 saturated heterocycles. The maximum absolute atomic E-state index is 10.5. The summed E-state index contributed by atoms with van der Waals surface area (Å²) in [4.78, 5) is 12.5. The van der Waals surface area contributed by atoms with Crippen LogP contribution in [0, 0.1) is 11.3 Å². The lowest BCUT2D eigenvalue weighted by molar-refractivity contribution is -0.138. The van der Waals surface area contributed by atoms with Crippen LogP contribution >= 0.6 is 0 Å². The highest BCUT2D eigenvalue weighted by atomic mass is 16.4. The predicted octanol–water partition coefficient (Wildman–Crippen LogP) is -0.353. The molecule has 1 aliphatic heterocycles. The highest BCUT2D eigenvalue weighted by Crippen LogP contribution is 2.10. The van der Waals surface area contributed by atoms with Gasteiger partial charge in [-0.15, -0.1) is 0 Å². The maximum Gasteiger partial charge on any atom is 0.304 e. The largest absolute Gasteiger partial charge is 0.481 e. The van der Waals surface area contributed by atoms with E-state index >= 15 is 0 Å². The molecule has 0 aliphatic carbocycles. The average Bonchev–Trinajstić information content (AvgIpc) is 2.16. The van der Waals surface area contributed by atoms with Gasteiger partial charge in [-0.05, 0) is 6.92 Å². The Kier molecular flexibility index (Phi) is 3.86. The molecule has 0 spiro atoms. The predicted molar refractivity (Wildman–Crippen MR) is 50.7 cm³/mol. The van der Waals surface area contributed by atoms with Crippen LogP contribution in [-0.4, -0.2) is 47.7 Å². The molecule has 0 saturated carbocycles. The Balaban J connectivity index is 2.55. The first kappa shape index (κ1) is 11.0. The molecule has 0 radical (unpaired) electrons. The van der Waals surface area contributed by atoms with Gasteiger partial charge in [0.2, 0.25) is 0 Å². The molecule has 1 heterocycles. The highest BCUT2D eigenvalue weighted by molar-refractivity contribution is 5.67. The molecular weight excluding hydrogens is 182 g/mol. The summed E-state index contributed by atoms with van der Waals surface area (Å²) in [6.07, 6.45) is 0.0954. The van der Waals surface area contributed by atoms with E-state index in [1.54, 1.807) is 0 Å². The van der Waals surface area contributed by atoms with E-state index in [4.69, 9.17) is 10.4 Å². The topological polar surface area (TPSA) is 76.4 Å². The fourth-order valence-corrected chi connectivity index (χ4v) is 1.74. The molecular formula is C9H15N3O2. The monoisotopic (exact) mass is 197 g/mol. The summed E-state index contributed by atoms with van der Waals surface area (Å²) in [5.41, 5.74) is 0. The van der Waals surface area contributed by atoms with Crippen molar-refractivity contribution in [3.8, 4) is 6.07 Å². The van der Waals surface area contributed by atoms with Crippen LogP contribution in [0.4, 0.5) is 0 Å². The number of aliphatic carboxylic acids is 1. The first-order chi connectivity index (χ1) is 6.65. The van der Waals surface area contributed by atoms with E-state index in [1.807, 2.05) is 11.8 Å². The van der Waals surface area contributed by atoms with Crippen molar-refractivity contribution >= 4 is 5.97 Å². The summed E-state index contributed by atoms with van der Waals surface area (Å²) in [5.74, 6) is -0.812. The molecule has 1 aliphatic rings. The second-order valence-electron chi connectivity index (χ2n) is 3.53. The second kappa shape index (κ2) is 4.94. The van der Waals surface area contributed by atoms with Gasteiger partial charge < -0.3 is 10.4 Å². The number of carboxylic acid groups (broad SMARTS) is 1. The summed E-state index contributed by atoms with van der Waals surface area (Å²) < 4.78 is 0. The number of hydrogen-bond acceptors (Lipinski definition) is 4. The molecule has 1 rings (SSSR count).